The number of hydrogen-bond donors (Lipinski definition) is 0. The molecule has 4 heteroatoms. The van der Waals surface area contributed by atoms with Crippen molar-refractivity contribution in [1.29, 1.82) is 0 Å². The lowest BCUT2D eigenvalue weighted by atomic mass is 10.1. The number of rotatable bonds is 7. The summed E-state index contributed by atoms with van der Waals surface area (Å²) >= 11 is 5.53. The van der Waals surface area contributed by atoms with E-state index in [0.717, 1.165) is 26.3 Å². The zero-order valence-electron chi connectivity index (χ0n) is 9.58. The normalized spacial score (nSPS) is 23.2. The molecule has 0 aromatic rings. The molecule has 0 aliphatic carbocycles. The maximum atomic E-state index is 5.64. The van der Waals surface area contributed by atoms with Gasteiger partial charge in [0.25, 0.3) is 0 Å². The van der Waals surface area contributed by atoms with E-state index in [1.807, 2.05) is 0 Å². The predicted molar refractivity (Wildman–Crippen MR) is 62.6 cm³/mol. The van der Waals surface area contributed by atoms with Gasteiger partial charge in [-0.15, -0.1) is 11.6 Å². The lowest BCUT2D eigenvalue weighted by Gasteiger charge is -2.32. The van der Waals surface area contributed by atoms with Crippen LogP contribution in [0.5, 0.6) is 0 Å². The second-order valence-electron chi connectivity index (χ2n) is 3.82. The van der Waals surface area contributed by atoms with Crippen molar-refractivity contribution in [2.75, 3.05) is 45.3 Å². The van der Waals surface area contributed by atoms with Crippen LogP contribution in [0.1, 0.15) is 19.8 Å². The fourth-order valence-electron chi connectivity index (χ4n) is 1.94. The molecule has 1 aliphatic heterocycles. The molecular weight excluding hydrogens is 214 g/mol. The Morgan fingerprint density at radius 1 is 1.40 bits per heavy atom. The largest absolute Gasteiger partial charge is 0.379 e. The van der Waals surface area contributed by atoms with Gasteiger partial charge in [0, 0.05) is 25.6 Å². The number of likely N-dealkylation sites (tertiary alicyclic amines) is 1. The Morgan fingerprint density at radius 2 is 2.27 bits per heavy atom. The summed E-state index contributed by atoms with van der Waals surface area (Å²) in [5.74, 6) is 0.585. The Morgan fingerprint density at radius 3 is 3.00 bits per heavy atom. The Kier molecular flexibility index (Phi) is 7.36. The van der Waals surface area contributed by atoms with Crippen LogP contribution in [0.4, 0.5) is 0 Å². The van der Waals surface area contributed by atoms with E-state index in [1.54, 1.807) is 0 Å². The zero-order valence-corrected chi connectivity index (χ0v) is 10.3. The van der Waals surface area contributed by atoms with Gasteiger partial charge in [-0.25, -0.2) is 0 Å². The van der Waals surface area contributed by atoms with Crippen molar-refractivity contribution < 1.29 is 9.47 Å². The monoisotopic (exact) mass is 235 g/mol. The minimum absolute atomic E-state index is 0.428. The van der Waals surface area contributed by atoms with E-state index in [1.165, 1.54) is 19.4 Å². The van der Waals surface area contributed by atoms with Crippen LogP contribution < -0.4 is 0 Å². The third-order valence-electron chi connectivity index (χ3n) is 2.64. The number of nitrogens with zero attached hydrogens (tertiary/aromatic N) is 1. The first-order valence-electron chi connectivity index (χ1n) is 5.84. The molecule has 1 rings (SSSR count). The van der Waals surface area contributed by atoms with Crippen molar-refractivity contribution in [1.82, 2.24) is 4.90 Å². The van der Waals surface area contributed by atoms with Crippen molar-refractivity contribution in [3.63, 3.8) is 0 Å². The van der Waals surface area contributed by atoms with E-state index < -0.39 is 0 Å². The van der Waals surface area contributed by atoms with Crippen LogP contribution in [-0.2, 0) is 9.47 Å². The standard InChI is InChI=1S/C11H22ClNO2/c1-2-15-11-4-3-6-13(10-11)7-9-14-8-5-12/h11H,2-10H2,1H3. The first kappa shape index (κ1) is 13.2. The third kappa shape index (κ3) is 5.71. The summed E-state index contributed by atoms with van der Waals surface area (Å²) < 4.78 is 11.0. The van der Waals surface area contributed by atoms with Crippen LogP contribution in [0.25, 0.3) is 0 Å². The molecule has 0 N–H and O–H groups in total. The Bertz CT molecular complexity index is 156. The molecule has 90 valence electrons. The van der Waals surface area contributed by atoms with Gasteiger partial charge in [0.2, 0.25) is 0 Å². The van der Waals surface area contributed by atoms with Crippen molar-refractivity contribution >= 4 is 11.6 Å². The highest BCUT2D eigenvalue weighted by atomic mass is 35.5. The van der Waals surface area contributed by atoms with Gasteiger partial charge in [-0.2, -0.15) is 0 Å². The molecule has 0 amide bonds. The minimum atomic E-state index is 0.428. The van der Waals surface area contributed by atoms with E-state index in [0.29, 0.717) is 18.6 Å². The average molecular weight is 236 g/mol. The lowest BCUT2D eigenvalue weighted by Crippen LogP contribution is -2.41. The van der Waals surface area contributed by atoms with Gasteiger partial charge < -0.3 is 9.47 Å². The van der Waals surface area contributed by atoms with Gasteiger partial charge in [-0.1, -0.05) is 0 Å². The predicted octanol–water partition coefficient (Wildman–Crippen LogP) is 1.74. The molecular formula is C11H22ClNO2. The van der Waals surface area contributed by atoms with E-state index in [9.17, 15) is 0 Å². The Balaban J connectivity index is 2.07. The lowest BCUT2D eigenvalue weighted by molar-refractivity contribution is -0.00201. The Hall–Kier alpha value is 0.170. The number of ether oxygens (including phenoxy) is 2. The van der Waals surface area contributed by atoms with Gasteiger partial charge in [0.1, 0.15) is 0 Å². The molecule has 0 bridgehead atoms. The second-order valence-corrected chi connectivity index (χ2v) is 4.20. The highest BCUT2D eigenvalue weighted by Crippen LogP contribution is 2.12. The van der Waals surface area contributed by atoms with Crippen LogP contribution in [-0.4, -0.2) is 56.3 Å². The van der Waals surface area contributed by atoms with E-state index in [4.69, 9.17) is 21.1 Å². The molecule has 3 nitrogen and oxygen atoms in total. The molecule has 1 heterocycles. The van der Waals surface area contributed by atoms with Crippen LogP contribution >= 0.6 is 11.6 Å². The van der Waals surface area contributed by atoms with E-state index in [-0.39, 0.29) is 0 Å². The third-order valence-corrected chi connectivity index (χ3v) is 2.79. The van der Waals surface area contributed by atoms with Gasteiger partial charge >= 0.3 is 0 Å². The van der Waals surface area contributed by atoms with Crippen molar-refractivity contribution in [2.45, 2.75) is 25.9 Å². The fourth-order valence-corrected chi connectivity index (χ4v) is 2.05. The molecule has 0 spiro atoms. The SMILES string of the molecule is CCOC1CCCN(CCOCCCl)C1. The van der Waals surface area contributed by atoms with Crippen molar-refractivity contribution in [2.24, 2.45) is 0 Å². The van der Waals surface area contributed by atoms with E-state index in [2.05, 4.69) is 11.8 Å². The molecule has 15 heavy (non-hydrogen) atoms. The van der Waals surface area contributed by atoms with Gasteiger partial charge in [0.15, 0.2) is 0 Å². The molecule has 1 saturated heterocycles. The highest BCUT2D eigenvalue weighted by Gasteiger charge is 2.19. The molecule has 1 atom stereocenters. The summed E-state index contributed by atoms with van der Waals surface area (Å²) in [6, 6.07) is 0. The van der Waals surface area contributed by atoms with Gasteiger partial charge in [-0.3, -0.25) is 4.90 Å². The molecule has 0 radical (unpaired) electrons. The summed E-state index contributed by atoms with van der Waals surface area (Å²) in [4.78, 5) is 2.41. The average Bonchev–Trinajstić information content (AvgIpc) is 2.26. The first-order chi connectivity index (χ1) is 7.36. The zero-order chi connectivity index (χ0) is 10.9. The fraction of sp³-hybridized carbons (Fsp3) is 1.00. The summed E-state index contributed by atoms with van der Waals surface area (Å²) in [5.41, 5.74) is 0. The van der Waals surface area contributed by atoms with Crippen LogP contribution in [0.15, 0.2) is 0 Å². The molecule has 0 aromatic heterocycles. The first-order valence-corrected chi connectivity index (χ1v) is 6.38. The quantitative estimate of drug-likeness (QED) is 0.496. The van der Waals surface area contributed by atoms with Crippen LogP contribution in [0.2, 0.25) is 0 Å². The molecule has 1 unspecified atom stereocenters. The van der Waals surface area contributed by atoms with Crippen LogP contribution in [0, 0.1) is 0 Å². The van der Waals surface area contributed by atoms with E-state index >= 15 is 0 Å². The summed E-state index contributed by atoms with van der Waals surface area (Å²) in [7, 11) is 0. The van der Waals surface area contributed by atoms with Crippen molar-refractivity contribution in [3.05, 3.63) is 0 Å². The maximum Gasteiger partial charge on any atom is 0.0702 e. The molecule has 0 aromatic carbocycles. The summed E-state index contributed by atoms with van der Waals surface area (Å²) in [6.45, 7) is 7.55. The van der Waals surface area contributed by atoms with Crippen LogP contribution in [0.3, 0.4) is 0 Å². The molecule has 1 fully saturated rings. The van der Waals surface area contributed by atoms with Gasteiger partial charge in [0.05, 0.1) is 19.3 Å². The number of halogens is 1. The topological polar surface area (TPSA) is 21.7 Å². The maximum absolute atomic E-state index is 5.64. The summed E-state index contributed by atoms with van der Waals surface area (Å²) in [6.07, 6.45) is 2.87. The number of piperidine rings is 1. The molecule has 1 aliphatic rings. The highest BCUT2D eigenvalue weighted by molar-refractivity contribution is 6.17. The summed E-state index contributed by atoms with van der Waals surface area (Å²) in [5, 5.41) is 0. The van der Waals surface area contributed by atoms with Crippen molar-refractivity contribution in [3.8, 4) is 0 Å². The minimum Gasteiger partial charge on any atom is -0.379 e. The smallest absolute Gasteiger partial charge is 0.0702 e. The second kappa shape index (κ2) is 8.34. The number of alkyl halides is 1. The molecule has 0 saturated carbocycles. The number of hydrogen-bond acceptors (Lipinski definition) is 3. The van der Waals surface area contributed by atoms with Gasteiger partial charge in [-0.05, 0) is 26.3 Å². The Labute approximate surface area is 97.7 Å².